The van der Waals surface area contributed by atoms with Gasteiger partial charge in [0.15, 0.2) is 11.3 Å². The molecule has 3 aliphatic rings. The summed E-state index contributed by atoms with van der Waals surface area (Å²) in [6.07, 6.45) is 1.25. The topological polar surface area (TPSA) is 59.9 Å². The lowest BCUT2D eigenvalue weighted by Crippen LogP contribution is -2.36. The number of fused-ring (bicyclic) bond motifs is 1. The molecule has 1 N–H and O–H groups in total. The molecule has 3 unspecified atom stereocenters. The average molecular weight is 492 g/mol. The predicted molar refractivity (Wildman–Crippen MR) is 127 cm³/mol. The summed E-state index contributed by atoms with van der Waals surface area (Å²) in [6.45, 7) is 3.98. The number of nitrogens with zero attached hydrogens (tertiary/aromatic N) is 6. The highest BCUT2D eigenvalue weighted by molar-refractivity contribution is 7.99. The Morgan fingerprint density at radius 2 is 1.94 bits per heavy atom. The van der Waals surface area contributed by atoms with Gasteiger partial charge in [-0.05, 0) is 61.4 Å². The Labute approximate surface area is 201 Å². The molecule has 0 amide bonds. The summed E-state index contributed by atoms with van der Waals surface area (Å²) in [4.78, 5) is 6.91. The molecule has 2 fully saturated rings. The number of aromatic nitrogens is 2. The van der Waals surface area contributed by atoms with Gasteiger partial charge in [0.2, 0.25) is 0 Å². The molecule has 4 heterocycles. The highest BCUT2D eigenvalue weighted by atomic mass is 32.2. The van der Waals surface area contributed by atoms with Gasteiger partial charge in [0.1, 0.15) is 0 Å². The quantitative estimate of drug-likeness (QED) is 0.597. The number of likely N-dealkylation sites (tertiary alicyclic amines) is 1. The van der Waals surface area contributed by atoms with Crippen molar-refractivity contribution in [3.05, 3.63) is 53.9 Å². The first-order valence-corrected chi connectivity index (χ1v) is 12.6. The number of benzene rings is 1. The Bertz CT molecular complexity index is 1000. The smallest absolute Gasteiger partial charge is 0.367 e. The van der Waals surface area contributed by atoms with E-state index in [1.54, 1.807) is 24.5 Å². The fraction of sp³-hybridized carbons (Fsp3) is 0.522. The minimum absolute atomic E-state index is 0.0938. The molecule has 2 aromatic rings. The number of halogens is 3. The number of alkyl halides is 3. The zero-order chi connectivity index (χ0) is 23.7. The van der Waals surface area contributed by atoms with E-state index in [0.29, 0.717) is 12.0 Å². The van der Waals surface area contributed by atoms with E-state index in [4.69, 9.17) is 0 Å². The zero-order valence-corrected chi connectivity index (χ0v) is 19.8. The predicted octanol–water partition coefficient (Wildman–Crippen LogP) is 3.31. The third-order valence-corrected chi connectivity index (χ3v) is 8.11. The van der Waals surface area contributed by atoms with E-state index >= 15 is 0 Å². The van der Waals surface area contributed by atoms with E-state index in [0.717, 1.165) is 61.9 Å². The van der Waals surface area contributed by atoms with Crippen LogP contribution in [0.5, 0.6) is 0 Å². The molecule has 5 rings (SSSR count). The summed E-state index contributed by atoms with van der Waals surface area (Å²) in [6, 6.07) is 7.91. The van der Waals surface area contributed by atoms with Crippen molar-refractivity contribution < 1.29 is 13.2 Å². The van der Waals surface area contributed by atoms with E-state index < -0.39 is 11.7 Å². The van der Waals surface area contributed by atoms with Gasteiger partial charge in [-0.1, -0.05) is 0 Å². The highest BCUT2D eigenvalue weighted by Gasteiger charge is 2.41. The molecule has 0 saturated carbocycles. The minimum Gasteiger partial charge on any atom is -0.367 e. The summed E-state index contributed by atoms with van der Waals surface area (Å²) < 4.78 is 38.7. The van der Waals surface area contributed by atoms with Gasteiger partial charge in [0.05, 0.1) is 18.0 Å². The van der Waals surface area contributed by atoms with Crippen LogP contribution >= 0.6 is 11.8 Å². The van der Waals surface area contributed by atoms with Crippen molar-refractivity contribution in [2.24, 2.45) is 11.0 Å². The normalized spacial score (nSPS) is 24.9. The van der Waals surface area contributed by atoms with Gasteiger partial charge in [-0.2, -0.15) is 28.5 Å². The van der Waals surface area contributed by atoms with Crippen LogP contribution in [0.3, 0.4) is 0 Å². The van der Waals surface area contributed by atoms with Crippen molar-refractivity contribution in [2.45, 2.75) is 30.6 Å². The van der Waals surface area contributed by atoms with E-state index in [1.807, 2.05) is 24.9 Å². The SMILES string of the molecule is CN1C(c2ccnnc2)=NNC1SCCCN1CC2CCN(c3ccc(C(F)(F)F)cc3)C2C1. The molecule has 3 atom stereocenters. The number of anilines is 1. The summed E-state index contributed by atoms with van der Waals surface area (Å²) in [7, 11) is 2.02. The van der Waals surface area contributed by atoms with Crippen LogP contribution in [0.25, 0.3) is 0 Å². The lowest BCUT2D eigenvalue weighted by atomic mass is 10.0. The van der Waals surface area contributed by atoms with Crippen LogP contribution in [0.2, 0.25) is 0 Å². The molecule has 1 aromatic carbocycles. The van der Waals surface area contributed by atoms with Gasteiger partial charge in [-0.3, -0.25) is 5.43 Å². The van der Waals surface area contributed by atoms with E-state index in [-0.39, 0.29) is 5.50 Å². The third kappa shape index (κ3) is 4.81. The van der Waals surface area contributed by atoms with E-state index in [2.05, 4.69) is 35.4 Å². The van der Waals surface area contributed by atoms with Crippen LogP contribution in [0, 0.1) is 5.92 Å². The molecule has 2 saturated heterocycles. The second-order valence-electron chi connectivity index (χ2n) is 9.00. The van der Waals surface area contributed by atoms with Crippen LogP contribution in [-0.2, 0) is 6.18 Å². The van der Waals surface area contributed by atoms with Gasteiger partial charge >= 0.3 is 6.18 Å². The van der Waals surface area contributed by atoms with Crippen molar-refractivity contribution in [1.29, 1.82) is 0 Å². The molecule has 0 aliphatic carbocycles. The van der Waals surface area contributed by atoms with Crippen molar-refractivity contribution in [1.82, 2.24) is 25.4 Å². The van der Waals surface area contributed by atoms with Crippen LogP contribution < -0.4 is 10.3 Å². The van der Waals surface area contributed by atoms with Crippen LogP contribution in [-0.4, -0.2) is 76.4 Å². The second-order valence-corrected chi connectivity index (χ2v) is 10.2. The van der Waals surface area contributed by atoms with Gasteiger partial charge in [0.25, 0.3) is 0 Å². The van der Waals surface area contributed by atoms with Gasteiger partial charge in [-0.25, -0.2) is 0 Å². The van der Waals surface area contributed by atoms with Crippen LogP contribution in [0.15, 0.2) is 47.8 Å². The van der Waals surface area contributed by atoms with Crippen molar-refractivity contribution >= 4 is 23.3 Å². The van der Waals surface area contributed by atoms with Gasteiger partial charge in [-0.15, -0.1) is 11.8 Å². The standard InChI is InChI=1S/C23H28F3N7S/c1-31-21(16-7-9-27-28-13-16)29-30-22(31)34-12-2-10-32-14-17-8-11-33(20(17)15-32)19-5-3-18(4-6-19)23(24,25)26/h3-7,9,13,17,20,22,30H,2,8,10-12,14-15H2,1H3. The number of rotatable bonds is 7. The molecule has 1 aromatic heterocycles. The molecule has 182 valence electrons. The Hall–Kier alpha value is -2.53. The number of hydrogen-bond acceptors (Lipinski definition) is 8. The molecule has 34 heavy (non-hydrogen) atoms. The van der Waals surface area contributed by atoms with Crippen molar-refractivity contribution in [3.8, 4) is 0 Å². The first kappa shape index (κ1) is 23.2. The number of hydrazone groups is 1. The van der Waals surface area contributed by atoms with Crippen LogP contribution in [0.1, 0.15) is 24.0 Å². The summed E-state index contributed by atoms with van der Waals surface area (Å²) in [5, 5.41) is 12.2. The van der Waals surface area contributed by atoms with Gasteiger partial charge < -0.3 is 14.7 Å². The number of amidine groups is 1. The van der Waals surface area contributed by atoms with E-state index in [1.165, 1.54) is 12.1 Å². The first-order valence-electron chi connectivity index (χ1n) is 11.5. The van der Waals surface area contributed by atoms with Crippen molar-refractivity contribution in [2.75, 3.05) is 43.9 Å². The Kier molecular flexibility index (Phi) is 6.57. The van der Waals surface area contributed by atoms with Crippen LogP contribution in [0.4, 0.5) is 18.9 Å². The Morgan fingerprint density at radius 3 is 2.68 bits per heavy atom. The monoisotopic (exact) mass is 491 g/mol. The summed E-state index contributed by atoms with van der Waals surface area (Å²) >= 11 is 1.83. The second kappa shape index (κ2) is 9.61. The molecule has 7 nitrogen and oxygen atoms in total. The maximum absolute atomic E-state index is 12.9. The fourth-order valence-corrected chi connectivity index (χ4v) is 6.08. The first-order chi connectivity index (χ1) is 16.4. The number of nitrogens with one attached hydrogen (secondary N) is 1. The maximum atomic E-state index is 12.9. The molecular weight excluding hydrogens is 463 g/mol. The fourth-order valence-electron chi connectivity index (χ4n) is 5.11. The highest BCUT2D eigenvalue weighted by Crippen LogP contribution is 2.37. The average Bonchev–Trinajstić information content (AvgIpc) is 3.51. The lowest BCUT2D eigenvalue weighted by Gasteiger charge is -2.27. The lowest BCUT2D eigenvalue weighted by molar-refractivity contribution is -0.137. The Morgan fingerprint density at radius 1 is 1.12 bits per heavy atom. The van der Waals surface area contributed by atoms with Gasteiger partial charge in [0, 0.05) is 44.0 Å². The van der Waals surface area contributed by atoms with Crippen molar-refractivity contribution in [3.63, 3.8) is 0 Å². The maximum Gasteiger partial charge on any atom is 0.416 e. The number of hydrogen-bond donors (Lipinski definition) is 1. The number of thioether (sulfide) groups is 1. The largest absolute Gasteiger partial charge is 0.416 e. The summed E-state index contributed by atoms with van der Waals surface area (Å²) in [5.41, 5.74) is 4.53. The third-order valence-electron chi connectivity index (χ3n) is 6.85. The van der Waals surface area contributed by atoms with E-state index in [9.17, 15) is 13.2 Å². The molecule has 0 radical (unpaired) electrons. The minimum atomic E-state index is -4.29. The molecule has 0 bridgehead atoms. The molecule has 11 heteroatoms. The summed E-state index contributed by atoms with van der Waals surface area (Å²) in [5.74, 6) is 2.46. The zero-order valence-electron chi connectivity index (χ0n) is 18.9. The molecule has 0 spiro atoms. The molecular formula is C23H28F3N7S. The molecule has 3 aliphatic heterocycles. The Balaban J connectivity index is 1.07.